The second kappa shape index (κ2) is 7.01. The minimum absolute atomic E-state index is 0.270. The summed E-state index contributed by atoms with van der Waals surface area (Å²) < 4.78 is 12.3. The van der Waals surface area contributed by atoms with E-state index in [4.69, 9.17) is 9.31 Å². The maximum atomic E-state index is 6.14. The summed E-state index contributed by atoms with van der Waals surface area (Å²) in [4.78, 5) is 2.50. The quantitative estimate of drug-likeness (QED) is 0.570. The molecule has 0 spiro atoms. The molecule has 0 amide bonds. The Labute approximate surface area is 155 Å². The molecule has 0 aromatic heterocycles. The van der Waals surface area contributed by atoms with Crippen molar-refractivity contribution in [2.24, 2.45) is 5.92 Å². The molecule has 0 radical (unpaired) electrons. The first-order chi connectivity index (χ1) is 11.3. The summed E-state index contributed by atoms with van der Waals surface area (Å²) in [5.41, 5.74) is 1.85. The third-order valence-corrected chi connectivity index (χ3v) is 6.37. The molecule has 0 saturated carbocycles. The SMILES string of the molecule is CC1(C)OB(c2ccc(N3CCC(CCBr)CC3)cc2)OC1(C)C. The summed E-state index contributed by atoms with van der Waals surface area (Å²) in [6.45, 7) is 10.7. The Morgan fingerprint density at radius 1 is 1.04 bits per heavy atom. The van der Waals surface area contributed by atoms with Gasteiger partial charge in [0, 0.05) is 24.1 Å². The van der Waals surface area contributed by atoms with E-state index in [1.54, 1.807) is 0 Å². The van der Waals surface area contributed by atoms with Gasteiger partial charge in [-0.3, -0.25) is 0 Å². The Balaban J connectivity index is 1.63. The molecule has 2 aliphatic rings. The zero-order chi connectivity index (χ0) is 17.4. The number of rotatable bonds is 4. The van der Waals surface area contributed by atoms with E-state index in [0.717, 1.165) is 29.8 Å². The molecule has 3 nitrogen and oxygen atoms in total. The number of hydrogen-bond acceptors (Lipinski definition) is 3. The third-order valence-electron chi connectivity index (χ3n) is 5.92. The van der Waals surface area contributed by atoms with E-state index in [1.165, 1.54) is 24.9 Å². The van der Waals surface area contributed by atoms with Gasteiger partial charge in [0.25, 0.3) is 0 Å². The molecule has 132 valence electrons. The van der Waals surface area contributed by atoms with Crippen molar-refractivity contribution in [3.8, 4) is 0 Å². The molecule has 3 rings (SSSR count). The molecular formula is C19H29BBrNO2. The molecule has 0 N–H and O–H groups in total. The lowest BCUT2D eigenvalue weighted by molar-refractivity contribution is 0.00578. The van der Waals surface area contributed by atoms with Crippen LogP contribution in [0.1, 0.15) is 47.0 Å². The fraction of sp³-hybridized carbons (Fsp3) is 0.684. The number of hydrogen-bond donors (Lipinski definition) is 0. The van der Waals surface area contributed by atoms with E-state index in [-0.39, 0.29) is 18.3 Å². The summed E-state index contributed by atoms with van der Waals surface area (Å²) in [5.74, 6) is 0.879. The number of piperidine rings is 1. The van der Waals surface area contributed by atoms with Crippen LogP contribution in [0.4, 0.5) is 5.69 Å². The lowest BCUT2D eigenvalue weighted by Crippen LogP contribution is -2.41. The molecule has 1 aromatic rings. The van der Waals surface area contributed by atoms with E-state index >= 15 is 0 Å². The Morgan fingerprint density at radius 3 is 2.08 bits per heavy atom. The largest absolute Gasteiger partial charge is 0.494 e. The second-order valence-electron chi connectivity index (χ2n) is 8.09. The Morgan fingerprint density at radius 2 is 1.58 bits per heavy atom. The van der Waals surface area contributed by atoms with Crippen LogP contribution in [-0.2, 0) is 9.31 Å². The number of alkyl halides is 1. The van der Waals surface area contributed by atoms with Gasteiger partial charge >= 0.3 is 7.12 Å². The van der Waals surface area contributed by atoms with Crippen molar-refractivity contribution in [1.29, 1.82) is 0 Å². The average Bonchev–Trinajstić information content (AvgIpc) is 2.77. The van der Waals surface area contributed by atoms with E-state index in [1.807, 2.05) is 0 Å². The van der Waals surface area contributed by atoms with Gasteiger partial charge in [0.15, 0.2) is 0 Å². The topological polar surface area (TPSA) is 21.7 Å². The van der Waals surface area contributed by atoms with Crippen molar-refractivity contribution in [3.63, 3.8) is 0 Å². The van der Waals surface area contributed by atoms with Crippen LogP contribution < -0.4 is 10.4 Å². The Bertz CT molecular complexity index is 537. The fourth-order valence-corrected chi connectivity index (χ4v) is 4.10. The van der Waals surface area contributed by atoms with E-state index in [2.05, 4.69) is 72.8 Å². The molecule has 24 heavy (non-hydrogen) atoms. The van der Waals surface area contributed by atoms with Crippen molar-refractivity contribution in [3.05, 3.63) is 24.3 Å². The Kier molecular flexibility index (Phi) is 5.34. The molecule has 0 bridgehead atoms. The molecule has 0 unspecified atom stereocenters. The number of anilines is 1. The molecule has 2 aliphatic heterocycles. The van der Waals surface area contributed by atoms with Crippen molar-refractivity contribution in [1.82, 2.24) is 0 Å². The summed E-state index contributed by atoms with van der Waals surface area (Å²) in [5, 5.41) is 1.13. The van der Waals surface area contributed by atoms with Crippen LogP contribution in [0.3, 0.4) is 0 Å². The normalized spacial score (nSPS) is 23.7. The van der Waals surface area contributed by atoms with Crippen molar-refractivity contribution >= 4 is 34.2 Å². The lowest BCUT2D eigenvalue weighted by atomic mass is 9.79. The van der Waals surface area contributed by atoms with Crippen LogP contribution in [0, 0.1) is 5.92 Å². The first-order valence-corrected chi connectivity index (χ1v) is 10.2. The minimum atomic E-state index is -0.284. The predicted octanol–water partition coefficient (Wildman–Crippen LogP) is 3.99. The predicted molar refractivity (Wildman–Crippen MR) is 106 cm³/mol. The summed E-state index contributed by atoms with van der Waals surface area (Å²) in [6, 6.07) is 8.74. The highest BCUT2D eigenvalue weighted by molar-refractivity contribution is 9.09. The van der Waals surface area contributed by atoms with Crippen LogP contribution in [0.5, 0.6) is 0 Å². The molecular weight excluding hydrogens is 365 g/mol. The van der Waals surface area contributed by atoms with Gasteiger partial charge in [0.1, 0.15) is 0 Å². The van der Waals surface area contributed by atoms with Crippen molar-refractivity contribution in [2.75, 3.05) is 23.3 Å². The molecule has 0 aliphatic carbocycles. The molecule has 2 fully saturated rings. The zero-order valence-corrected chi connectivity index (χ0v) is 16.9. The van der Waals surface area contributed by atoms with Gasteiger partial charge in [0.05, 0.1) is 11.2 Å². The maximum absolute atomic E-state index is 6.14. The highest BCUT2D eigenvalue weighted by Crippen LogP contribution is 2.36. The average molecular weight is 394 g/mol. The van der Waals surface area contributed by atoms with Gasteiger partial charge in [-0.25, -0.2) is 0 Å². The highest BCUT2D eigenvalue weighted by Gasteiger charge is 2.51. The van der Waals surface area contributed by atoms with Gasteiger partial charge in [-0.15, -0.1) is 0 Å². The maximum Gasteiger partial charge on any atom is 0.494 e. The standard InChI is InChI=1S/C19H29BBrNO2/c1-18(2)19(3,4)24-20(23-18)16-5-7-17(8-6-16)22-13-10-15(9-12-21)11-14-22/h5-8,15H,9-14H2,1-4H3. The summed E-state index contributed by atoms with van der Waals surface area (Å²) in [6.07, 6.45) is 3.89. The third kappa shape index (κ3) is 3.68. The van der Waals surface area contributed by atoms with E-state index in [9.17, 15) is 0 Å². The zero-order valence-electron chi connectivity index (χ0n) is 15.3. The monoisotopic (exact) mass is 393 g/mol. The van der Waals surface area contributed by atoms with Crippen LogP contribution in [-0.4, -0.2) is 36.7 Å². The highest BCUT2D eigenvalue weighted by atomic mass is 79.9. The number of halogens is 1. The smallest absolute Gasteiger partial charge is 0.399 e. The van der Waals surface area contributed by atoms with Gasteiger partial charge in [-0.1, -0.05) is 28.1 Å². The van der Waals surface area contributed by atoms with Crippen LogP contribution in [0.2, 0.25) is 0 Å². The van der Waals surface area contributed by atoms with Crippen LogP contribution in [0.25, 0.3) is 0 Å². The lowest BCUT2D eigenvalue weighted by Gasteiger charge is -2.33. The van der Waals surface area contributed by atoms with Crippen LogP contribution >= 0.6 is 15.9 Å². The van der Waals surface area contributed by atoms with Gasteiger partial charge in [-0.05, 0) is 70.5 Å². The van der Waals surface area contributed by atoms with Crippen molar-refractivity contribution in [2.45, 2.75) is 58.2 Å². The first-order valence-electron chi connectivity index (χ1n) is 9.09. The number of benzene rings is 1. The van der Waals surface area contributed by atoms with Crippen LogP contribution in [0.15, 0.2) is 24.3 Å². The van der Waals surface area contributed by atoms with E-state index in [0.29, 0.717) is 0 Å². The molecule has 5 heteroatoms. The second-order valence-corrected chi connectivity index (χ2v) is 8.88. The molecule has 1 aromatic carbocycles. The summed E-state index contributed by atoms with van der Waals surface area (Å²) in [7, 11) is -0.270. The molecule has 2 saturated heterocycles. The van der Waals surface area contributed by atoms with Gasteiger partial charge in [0.2, 0.25) is 0 Å². The van der Waals surface area contributed by atoms with Gasteiger partial charge in [-0.2, -0.15) is 0 Å². The summed E-state index contributed by atoms with van der Waals surface area (Å²) >= 11 is 3.56. The molecule has 0 atom stereocenters. The Hall–Kier alpha value is -0.515. The molecule has 2 heterocycles. The van der Waals surface area contributed by atoms with E-state index < -0.39 is 0 Å². The number of nitrogens with zero attached hydrogens (tertiary/aromatic N) is 1. The first kappa shape index (κ1) is 18.3. The minimum Gasteiger partial charge on any atom is -0.399 e. The van der Waals surface area contributed by atoms with Gasteiger partial charge < -0.3 is 14.2 Å². The van der Waals surface area contributed by atoms with Crippen molar-refractivity contribution < 1.29 is 9.31 Å². The fourth-order valence-electron chi connectivity index (χ4n) is 3.46.